The SMILES string of the molecule is CCCC(=O)C(=N)C(Cl)=C(C)N. The molecule has 12 heavy (non-hydrogen) atoms. The molecule has 0 fully saturated rings. The van der Waals surface area contributed by atoms with Crippen LogP contribution >= 0.6 is 11.6 Å². The molecule has 0 heterocycles. The topological polar surface area (TPSA) is 66.9 Å². The van der Waals surface area contributed by atoms with Gasteiger partial charge in [0.2, 0.25) is 0 Å². The number of nitrogens with two attached hydrogens (primary N) is 1. The zero-order valence-corrected chi connectivity index (χ0v) is 8.03. The van der Waals surface area contributed by atoms with Crippen molar-refractivity contribution in [2.24, 2.45) is 5.73 Å². The van der Waals surface area contributed by atoms with Gasteiger partial charge in [-0.3, -0.25) is 10.2 Å². The van der Waals surface area contributed by atoms with E-state index in [4.69, 9.17) is 22.7 Å². The molecule has 0 spiro atoms. The molecule has 0 unspecified atom stereocenters. The average Bonchev–Trinajstić information content (AvgIpc) is 2.02. The van der Waals surface area contributed by atoms with Crippen LogP contribution in [0.15, 0.2) is 10.7 Å². The zero-order valence-electron chi connectivity index (χ0n) is 7.28. The molecule has 0 saturated carbocycles. The number of ketones is 1. The van der Waals surface area contributed by atoms with Crippen molar-refractivity contribution in [2.45, 2.75) is 26.7 Å². The molecule has 3 N–H and O–H groups in total. The van der Waals surface area contributed by atoms with Crippen molar-refractivity contribution in [1.82, 2.24) is 0 Å². The van der Waals surface area contributed by atoms with Crippen LogP contribution in [0.2, 0.25) is 0 Å². The maximum absolute atomic E-state index is 11.1. The van der Waals surface area contributed by atoms with E-state index >= 15 is 0 Å². The predicted molar refractivity (Wildman–Crippen MR) is 50.4 cm³/mol. The van der Waals surface area contributed by atoms with Gasteiger partial charge in [0.05, 0.1) is 5.03 Å². The van der Waals surface area contributed by atoms with Gasteiger partial charge in [0.15, 0.2) is 5.78 Å². The fourth-order valence-corrected chi connectivity index (χ4v) is 0.777. The molecule has 4 heteroatoms. The van der Waals surface area contributed by atoms with Crippen molar-refractivity contribution in [3.63, 3.8) is 0 Å². The molecule has 0 aromatic rings. The third-order valence-corrected chi connectivity index (χ3v) is 1.81. The Hall–Kier alpha value is -0.830. The Labute approximate surface area is 77.1 Å². The normalized spacial score (nSPS) is 12.2. The molecule has 0 bridgehead atoms. The first-order chi connectivity index (χ1) is 5.50. The molecule has 0 atom stereocenters. The molecular weight excluding hydrogens is 176 g/mol. The molecule has 0 amide bonds. The van der Waals surface area contributed by atoms with Crippen LogP contribution in [0.4, 0.5) is 0 Å². The maximum Gasteiger partial charge on any atom is 0.182 e. The van der Waals surface area contributed by atoms with E-state index in [1.54, 1.807) is 6.92 Å². The second kappa shape index (κ2) is 4.93. The van der Waals surface area contributed by atoms with Gasteiger partial charge in [-0.2, -0.15) is 0 Å². The van der Waals surface area contributed by atoms with Crippen LogP contribution in [0.25, 0.3) is 0 Å². The molecule has 0 rings (SSSR count). The van der Waals surface area contributed by atoms with Crippen molar-refractivity contribution >= 4 is 23.1 Å². The molecular formula is C8H13ClN2O. The Morgan fingerprint density at radius 1 is 1.58 bits per heavy atom. The van der Waals surface area contributed by atoms with E-state index in [1.165, 1.54) is 0 Å². The summed E-state index contributed by atoms with van der Waals surface area (Å²) >= 11 is 5.61. The summed E-state index contributed by atoms with van der Waals surface area (Å²) in [7, 11) is 0. The summed E-state index contributed by atoms with van der Waals surface area (Å²) in [5.74, 6) is -0.257. The van der Waals surface area contributed by atoms with Crippen molar-refractivity contribution in [2.75, 3.05) is 0 Å². The van der Waals surface area contributed by atoms with E-state index in [2.05, 4.69) is 0 Å². The minimum atomic E-state index is -0.257. The van der Waals surface area contributed by atoms with Crippen LogP contribution in [0.1, 0.15) is 26.7 Å². The summed E-state index contributed by atoms with van der Waals surface area (Å²) in [6, 6.07) is 0. The third-order valence-electron chi connectivity index (χ3n) is 1.32. The smallest absolute Gasteiger partial charge is 0.182 e. The second-order valence-corrected chi connectivity index (χ2v) is 2.92. The van der Waals surface area contributed by atoms with Crippen molar-refractivity contribution in [3.05, 3.63) is 10.7 Å². The standard InChI is InChI=1S/C8H13ClN2O/c1-3-4-6(12)8(11)7(9)5(2)10/h11H,3-4,10H2,1-2H3. The van der Waals surface area contributed by atoms with Crippen LogP contribution in [0, 0.1) is 5.41 Å². The van der Waals surface area contributed by atoms with Crippen LogP contribution in [0.5, 0.6) is 0 Å². The second-order valence-electron chi connectivity index (χ2n) is 2.55. The summed E-state index contributed by atoms with van der Waals surface area (Å²) in [5, 5.41) is 7.38. The number of rotatable bonds is 4. The highest BCUT2D eigenvalue weighted by Gasteiger charge is 2.12. The lowest BCUT2D eigenvalue weighted by Crippen LogP contribution is -2.15. The van der Waals surface area contributed by atoms with Crippen molar-refractivity contribution in [3.8, 4) is 0 Å². The molecule has 0 aromatic heterocycles. The lowest BCUT2D eigenvalue weighted by Gasteiger charge is -2.01. The van der Waals surface area contributed by atoms with Crippen LogP contribution in [-0.2, 0) is 4.79 Å². The Balaban J connectivity index is 4.41. The Morgan fingerprint density at radius 2 is 2.08 bits per heavy atom. The minimum Gasteiger partial charge on any atom is -0.401 e. The Morgan fingerprint density at radius 3 is 2.42 bits per heavy atom. The van der Waals surface area contributed by atoms with Gasteiger partial charge in [-0.1, -0.05) is 18.5 Å². The molecule has 0 aliphatic rings. The van der Waals surface area contributed by atoms with Gasteiger partial charge in [0.25, 0.3) is 0 Å². The van der Waals surface area contributed by atoms with Crippen LogP contribution in [-0.4, -0.2) is 11.5 Å². The number of hydrogen-bond acceptors (Lipinski definition) is 3. The van der Waals surface area contributed by atoms with Gasteiger partial charge in [-0.15, -0.1) is 0 Å². The van der Waals surface area contributed by atoms with E-state index in [0.717, 1.165) is 6.42 Å². The summed E-state index contributed by atoms with van der Waals surface area (Å²) < 4.78 is 0. The first-order valence-corrected chi connectivity index (χ1v) is 4.12. The molecule has 3 nitrogen and oxygen atoms in total. The van der Waals surface area contributed by atoms with Crippen LogP contribution < -0.4 is 5.73 Å². The molecule has 0 aliphatic heterocycles. The molecule has 68 valence electrons. The average molecular weight is 189 g/mol. The van der Waals surface area contributed by atoms with Gasteiger partial charge in [0.1, 0.15) is 5.71 Å². The fourth-order valence-electron chi connectivity index (χ4n) is 0.672. The van der Waals surface area contributed by atoms with E-state index in [1.807, 2.05) is 6.92 Å². The number of nitrogens with one attached hydrogen (secondary N) is 1. The lowest BCUT2D eigenvalue weighted by molar-refractivity contribution is -0.113. The number of allylic oxidation sites excluding steroid dienone is 2. The quantitative estimate of drug-likeness (QED) is 0.661. The van der Waals surface area contributed by atoms with Gasteiger partial charge in [0, 0.05) is 12.1 Å². The molecule has 0 radical (unpaired) electrons. The van der Waals surface area contributed by atoms with Gasteiger partial charge in [-0.05, 0) is 13.3 Å². The van der Waals surface area contributed by atoms with Gasteiger partial charge >= 0.3 is 0 Å². The highest BCUT2D eigenvalue weighted by Crippen LogP contribution is 2.08. The van der Waals surface area contributed by atoms with Crippen molar-refractivity contribution in [1.29, 1.82) is 5.41 Å². The monoisotopic (exact) mass is 188 g/mol. The molecule has 0 aromatic carbocycles. The number of carbonyl (C=O) groups is 1. The first-order valence-electron chi connectivity index (χ1n) is 3.74. The summed E-state index contributed by atoms with van der Waals surface area (Å²) in [5.41, 5.74) is 5.45. The number of carbonyl (C=O) groups excluding carboxylic acids is 1. The molecule has 0 saturated heterocycles. The summed E-state index contributed by atoms with van der Waals surface area (Å²) in [6.45, 7) is 3.44. The van der Waals surface area contributed by atoms with Crippen LogP contribution in [0.3, 0.4) is 0 Å². The highest BCUT2D eigenvalue weighted by molar-refractivity contribution is 6.59. The number of hydrogen-bond donors (Lipinski definition) is 2. The van der Waals surface area contributed by atoms with Crippen molar-refractivity contribution < 1.29 is 4.79 Å². The van der Waals surface area contributed by atoms with E-state index in [9.17, 15) is 4.79 Å². The first kappa shape index (κ1) is 11.2. The Kier molecular flexibility index (Phi) is 4.59. The largest absolute Gasteiger partial charge is 0.401 e. The summed E-state index contributed by atoms with van der Waals surface area (Å²) in [6.07, 6.45) is 1.07. The van der Waals surface area contributed by atoms with E-state index in [0.29, 0.717) is 12.1 Å². The maximum atomic E-state index is 11.1. The molecule has 0 aliphatic carbocycles. The Bertz CT molecular complexity index is 229. The number of halogens is 1. The van der Waals surface area contributed by atoms with E-state index in [-0.39, 0.29) is 16.5 Å². The van der Waals surface area contributed by atoms with Gasteiger partial charge in [-0.25, -0.2) is 0 Å². The van der Waals surface area contributed by atoms with E-state index < -0.39 is 0 Å². The minimum absolute atomic E-state index is 0.0634. The predicted octanol–water partition coefficient (Wildman–Crippen LogP) is 1.80. The summed E-state index contributed by atoms with van der Waals surface area (Å²) in [4.78, 5) is 11.1. The third kappa shape index (κ3) is 3.05. The fraction of sp³-hybridized carbons (Fsp3) is 0.500. The highest BCUT2D eigenvalue weighted by atomic mass is 35.5. The number of Topliss-reactive ketones (excluding diaryl/α,β-unsaturated/α-hetero) is 1. The van der Waals surface area contributed by atoms with Gasteiger partial charge < -0.3 is 5.73 Å². The zero-order chi connectivity index (χ0) is 9.72. The lowest BCUT2D eigenvalue weighted by atomic mass is 10.1.